The Morgan fingerprint density at radius 1 is 1.47 bits per heavy atom. The van der Waals surface area contributed by atoms with E-state index in [1.807, 2.05) is 12.1 Å². The van der Waals surface area contributed by atoms with Gasteiger partial charge < -0.3 is 15.3 Å². The molecule has 4 nitrogen and oxygen atoms in total. The fourth-order valence-electron chi connectivity index (χ4n) is 3.21. The molecule has 0 saturated carbocycles. The van der Waals surface area contributed by atoms with E-state index in [0.29, 0.717) is 11.6 Å². The van der Waals surface area contributed by atoms with Gasteiger partial charge in [0.15, 0.2) is 0 Å². The number of carbonyl (C=O) groups excluding carboxylic acids is 1. The topological polar surface area (TPSA) is 52.6 Å². The van der Waals surface area contributed by atoms with Gasteiger partial charge in [-0.3, -0.25) is 4.79 Å². The lowest BCUT2D eigenvalue weighted by molar-refractivity contribution is -0.122. The molecule has 3 rings (SSSR count). The number of nitrogens with one attached hydrogen (secondary N) is 1. The normalized spacial score (nSPS) is 26.2. The summed E-state index contributed by atoms with van der Waals surface area (Å²) in [5, 5.41) is 13.1. The van der Waals surface area contributed by atoms with E-state index in [9.17, 15) is 9.90 Å². The van der Waals surface area contributed by atoms with Gasteiger partial charge in [-0.1, -0.05) is 11.6 Å². The van der Waals surface area contributed by atoms with E-state index < -0.39 is 0 Å². The monoisotopic (exact) mass is 280 g/mol. The smallest absolute Gasteiger partial charge is 0.225 e. The van der Waals surface area contributed by atoms with Gasteiger partial charge in [0.25, 0.3) is 0 Å². The average Bonchev–Trinajstić information content (AvgIpc) is 2.81. The lowest BCUT2D eigenvalue weighted by Crippen LogP contribution is -2.46. The maximum absolute atomic E-state index is 11.8. The summed E-state index contributed by atoms with van der Waals surface area (Å²) < 4.78 is 0. The highest BCUT2D eigenvalue weighted by molar-refractivity contribution is 6.30. The predicted molar refractivity (Wildman–Crippen MR) is 74.2 cm³/mol. The van der Waals surface area contributed by atoms with Crippen molar-refractivity contribution in [1.82, 2.24) is 5.32 Å². The quantitative estimate of drug-likeness (QED) is 0.864. The number of benzene rings is 1. The molecule has 1 aromatic rings. The van der Waals surface area contributed by atoms with Crippen molar-refractivity contribution in [2.75, 3.05) is 18.0 Å². The molecule has 0 radical (unpaired) electrons. The Morgan fingerprint density at radius 3 is 3.11 bits per heavy atom. The van der Waals surface area contributed by atoms with Gasteiger partial charge in [0, 0.05) is 29.4 Å². The van der Waals surface area contributed by atoms with Crippen LogP contribution < -0.4 is 10.2 Å². The third kappa shape index (κ3) is 2.19. The number of halogens is 1. The molecule has 2 unspecified atom stereocenters. The number of hydrogen-bond acceptors (Lipinski definition) is 3. The number of carbonyl (C=O) groups is 1. The van der Waals surface area contributed by atoms with Gasteiger partial charge in [0.05, 0.1) is 18.6 Å². The summed E-state index contributed by atoms with van der Waals surface area (Å²) in [6.07, 6.45) is 1.96. The van der Waals surface area contributed by atoms with E-state index in [2.05, 4.69) is 10.2 Å². The van der Waals surface area contributed by atoms with Gasteiger partial charge in [-0.05, 0) is 31.0 Å². The second kappa shape index (κ2) is 5.02. The summed E-state index contributed by atoms with van der Waals surface area (Å²) in [5.74, 6) is 0.241. The summed E-state index contributed by atoms with van der Waals surface area (Å²) in [5.41, 5.74) is 1.82. The zero-order valence-electron chi connectivity index (χ0n) is 10.6. The minimum Gasteiger partial charge on any atom is -0.392 e. The maximum Gasteiger partial charge on any atom is 0.225 e. The number of fused-ring (bicyclic) bond motifs is 1. The van der Waals surface area contributed by atoms with Crippen molar-refractivity contribution >= 4 is 23.2 Å². The highest BCUT2D eigenvalue weighted by Crippen LogP contribution is 2.34. The minimum atomic E-state index is -0.0366. The lowest BCUT2D eigenvalue weighted by atomic mass is 9.90. The molecule has 2 fully saturated rings. The van der Waals surface area contributed by atoms with Crippen LogP contribution in [0.4, 0.5) is 5.69 Å². The molecular formula is C14H17ClN2O2. The molecular weight excluding hydrogens is 264 g/mol. The van der Waals surface area contributed by atoms with Crippen molar-refractivity contribution in [3.05, 3.63) is 28.8 Å². The average molecular weight is 281 g/mol. The van der Waals surface area contributed by atoms with Gasteiger partial charge >= 0.3 is 0 Å². The zero-order valence-corrected chi connectivity index (χ0v) is 11.4. The Hall–Kier alpha value is -1.26. The fraction of sp³-hybridized carbons (Fsp3) is 0.500. The second-order valence-corrected chi connectivity index (χ2v) is 5.62. The number of nitrogens with zero attached hydrogens (tertiary/aromatic N) is 1. The summed E-state index contributed by atoms with van der Waals surface area (Å²) in [7, 11) is 0. The van der Waals surface area contributed by atoms with E-state index in [4.69, 9.17) is 11.6 Å². The summed E-state index contributed by atoms with van der Waals surface area (Å²) in [6.45, 7) is 1.58. The zero-order chi connectivity index (χ0) is 13.4. The van der Waals surface area contributed by atoms with Gasteiger partial charge in [0.1, 0.15) is 0 Å². The number of piperidine rings is 1. The Kier molecular flexibility index (Phi) is 3.37. The highest BCUT2D eigenvalue weighted by atomic mass is 35.5. The molecule has 0 aromatic heterocycles. The molecule has 2 saturated heterocycles. The van der Waals surface area contributed by atoms with Crippen molar-refractivity contribution in [2.24, 2.45) is 5.92 Å². The van der Waals surface area contributed by atoms with Gasteiger partial charge in [-0.15, -0.1) is 0 Å². The summed E-state index contributed by atoms with van der Waals surface area (Å²) in [4.78, 5) is 14.0. The van der Waals surface area contributed by atoms with Crippen LogP contribution in [0, 0.1) is 5.92 Å². The molecule has 0 aliphatic carbocycles. The Balaban J connectivity index is 1.95. The molecule has 2 atom stereocenters. The Bertz CT molecular complexity index is 506. The molecule has 5 heteroatoms. The third-order valence-corrected chi connectivity index (χ3v) is 4.36. The standard InChI is InChI=1S/C14H17ClN2O2/c15-10-3-4-12(9(6-10)8-18)17-5-1-2-11-13(17)7-16-14(11)19/h3-4,6,11,13,18H,1-2,5,7-8H2,(H,16,19). The number of aliphatic hydroxyl groups is 1. The van der Waals surface area contributed by atoms with E-state index in [-0.39, 0.29) is 24.5 Å². The third-order valence-electron chi connectivity index (χ3n) is 4.12. The van der Waals surface area contributed by atoms with Crippen LogP contribution in [0.1, 0.15) is 18.4 Å². The van der Waals surface area contributed by atoms with E-state index in [1.54, 1.807) is 6.07 Å². The van der Waals surface area contributed by atoms with E-state index >= 15 is 0 Å². The highest BCUT2D eigenvalue weighted by Gasteiger charge is 2.41. The van der Waals surface area contributed by atoms with Crippen LogP contribution in [-0.4, -0.2) is 30.1 Å². The van der Waals surface area contributed by atoms with Crippen LogP contribution in [-0.2, 0) is 11.4 Å². The van der Waals surface area contributed by atoms with E-state index in [0.717, 1.165) is 30.6 Å². The summed E-state index contributed by atoms with van der Waals surface area (Å²) >= 11 is 5.97. The van der Waals surface area contributed by atoms with Crippen LogP contribution in [0.15, 0.2) is 18.2 Å². The molecule has 2 aliphatic heterocycles. The summed E-state index contributed by atoms with van der Waals surface area (Å²) in [6, 6.07) is 5.78. The molecule has 0 spiro atoms. The maximum atomic E-state index is 11.8. The van der Waals surface area contributed by atoms with Crippen LogP contribution in [0.5, 0.6) is 0 Å². The van der Waals surface area contributed by atoms with Crippen molar-refractivity contribution in [2.45, 2.75) is 25.5 Å². The molecule has 1 amide bonds. The van der Waals surface area contributed by atoms with Crippen molar-refractivity contribution in [3.8, 4) is 0 Å². The lowest BCUT2D eigenvalue weighted by Gasteiger charge is -2.38. The van der Waals surface area contributed by atoms with Crippen molar-refractivity contribution in [1.29, 1.82) is 0 Å². The number of rotatable bonds is 2. The largest absolute Gasteiger partial charge is 0.392 e. The number of amides is 1. The van der Waals surface area contributed by atoms with Gasteiger partial charge in [-0.2, -0.15) is 0 Å². The molecule has 2 aliphatic rings. The number of anilines is 1. The Labute approximate surface area is 117 Å². The first-order chi connectivity index (χ1) is 9.20. The first-order valence-corrected chi connectivity index (χ1v) is 7.02. The molecule has 1 aromatic carbocycles. The number of aliphatic hydroxyl groups excluding tert-OH is 1. The molecule has 102 valence electrons. The van der Waals surface area contributed by atoms with Crippen LogP contribution in [0.25, 0.3) is 0 Å². The van der Waals surface area contributed by atoms with Crippen LogP contribution in [0.2, 0.25) is 5.02 Å². The number of hydrogen-bond donors (Lipinski definition) is 2. The molecule has 2 heterocycles. The fourth-order valence-corrected chi connectivity index (χ4v) is 3.41. The van der Waals surface area contributed by atoms with E-state index in [1.165, 1.54) is 0 Å². The van der Waals surface area contributed by atoms with Gasteiger partial charge in [-0.25, -0.2) is 0 Å². The van der Waals surface area contributed by atoms with Crippen LogP contribution >= 0.6 is 11.6 Å². The first-order valence-electron chi connectivity index (χ1n) is 6.64. The van der Waals surface area contributed by atoms with Gasteiger partial charge in [0.2, 0.25) is 5.91 Å². The SMILES string of the molecule is O=C1NCC2C1CCCN2c1ccc(Cl)cc1CO. The first kappa shape index (κ1) is 12.8. The minimum absolute atomic E-state index is 0.0366. The van der Waals surface area contributed by atoms with Crippen LogP contribution in [0.3, 0.4) is 0 Å². The molecule has 0 bridgehead atoms. The molecule has 19 heavy (non-hydrogen) atoms. The molecule has 2 N–H and O–H groups in total. The predicted octanol–water partition coefficient (Wildman–Crippen LogP) is 1.55. The second-order valence-electron chi connectivity index (χ2n) is 5.19. The van der Waals surface area contributed by atoms with Crippen molar-refractivity contribution < 1.29 is 9.90 Å². The Morgan fingerprint density at radius 2 is 2.32 bits per heavy atom. The van der Waals surface area contributed by atoms with Crippen molar-refractivity contribution in [3.63, 3.8) is 0 Å².